The molecular weight excluding hydrogens is 240 g/mol. The van der Waals surface area contributed by atoms with Crippen molar-refractivity contribution in [1.82, 2.24) is 9.97 Å². The van der Waals surface area contributed by atoms with Crippen LogP contribution in [0.15, 0.2) is 6.07 Å². The lowest BCUT2D eigenvalue weighted by Gasteiger charge is -2.27. The molecule has 1 aromatic heterocycles. The van der Waals surface area contributed by atoms with E-state index in [2.05, 4.69) is 14.9 Å². The Morgan fingerprint density at radius 1 is 1.42 bits per heavy atom. The number of anilines is 1. The topological polar surface area (TPSA) is 64.3 Å². The molecule has 5 heteroatoms. The van der Waals surface area contributed by atoms with Crippen LogP contribution in [0.2, 0.25) is 0 Å². The number of hydrogen-bond donors (Lipinski definition) is 1. The van der Waals surface area contributed by atoms with E-state index in [1.54, 1.807) is 0 Å². The molecule has 1 atom stereocenters. The highest BCUT2D eigenvalue weighted by Gasteiger charge is 2.34. The SMILES string of the molecule is Cc1cc(OC(C)C)nc(N(C)C(CN)C2CC2)n1. The molecule has 106 valence electrons. The van der Waals surface area contributed by atoms with Crippen molar-refractivity contribution in [3.05, 3.63) is 11.8 Å². The van der Waals surface area contributed by atoms with Crippen molar-refractivity contribution in [1.29, 1.82) is 0 Å². The predicted molar refractivity (Wildman–Crippen MR) is 76.5 cm³/mol. The fraction of sp³-hybridized carbons (Fsp3) is 0.714. The molecule has 0 amide bonds. The van der Waals surface area contributed by atoms with Gasteiger partial charge in [-0.05, 0) is 39.5 Å². The van der Waals surface area contributed by atoms with Gasteiger partial charge in [-0.3, -0.25) is 0 Å². The normalized spacial score (nSPS) is 16.5. The summed E-state index contributed by atoms with van der Waals surface area (Å²) >= 11 is 0. The van der Waals surface area contributed by atoms with Crippen LogP contribution in [-0.2, 0) is 0 Å². The average molecular weight is 264 g/mol. The molecule has 1 unspecified atom stereocenters. The standard InChI is InChI=1S/C14H24N4O/c1-9(2)19-13-7-10(3)16-14(17-13)18(4)12(8-15)11-5-6-11/h7,9,11-12H,5-6,8,15H2,1-4H3. The molecule has 0 aliphatic heterocycles. The molecule has 0 saturated heterocycles. The lowest BCUT2D eigenvalue weighted by Crippen LogP contribution is -2.40. The summed E-state index contributed by atoms with van der Waals surface area (Å²) < 4.78 is 5.67. The van der Waals surface area contributed by atoms with Gasteiger partial charge in [0.1, 0.15) is 0 Å². The maximum absolute atomic E-state index is 5.88. The molecule has 0 spiro atoms. The van der Waals surface area contributed by atoms with E-state index in [1.807, 2.05) is 33.9 Å². The lowest BCUT2D eigenvalue weighted by atomic mass is 10.1. The van der Waals surface area contributed by atoms with Crippen LogP contribution in [-0.4, -0.2) is 35.7 Å². The van der Waals surface area contributed by atoms with Crippen LogP contribution in [0, 0.1) is 12.8 Å². The molecule has 1 heterocycles. The number of nitrogens with two attached hydrogens (primary N) is 1. The highest BCUT2D eigenvalue weighted by Crippen LogP contribution is 2.35. The Hall–Kier alpha value is -1.36. The molecule has 1 aliphatic rings. The zero-order chi connectivity index (χ0) is 14.0. The molecule has 2 rings (SSSR count). The first-order valence-electron chi connectivity index (χ1n) is 6.96. The summed E-state index contributed by atoms with van der Waals surface area (Å²) in [4.78, 5) is 11.1. The highest BCUT2D eigenvalue weighted by atomic mass is 16.5. The Balaban J connectivity index is 2.20. The van der Waals surface area contributed by atoms with Gasteiger partial charge in [-0.2, -0.15) is 4.98 Å². The Morgan fingerprint density at radius 2 is 2.11 bits per heavy atom. The average Bonchev–Trinajstić information content (AvgIpc) is 3.12. The van der Waals surface area contributed by atoms with Crippen LogP contribution in [0.25, 0.3) is 0 Å². The maximum atomic E-state index is 5.88. The van der Waals surface area contributed by atoms with Gasteiger partial charge in [0.15, 0.2) is 0 Å². The van der Waals surface area contributed by atoms with E-state index in [9.17, 15) is 0 Å². The van der Waals surface area contributed by atoms with Gasteiger partial charge in [0.2, 0.25) is 11.8 Å². The third-order valence-electron chi connectivity index (χ3n) is 3.40. The van der Waals surface area contributed by atoms with Crippen LogP contribution in [0.5, 0.6) is 5.88 Å². The second kappa shape index (κ2) is 5.74. The van der Waals surface area contributed by atoms with E-state index >= 15 is 0 Å². The molecule has 5 nitrogen and oxygen atoms in total. The van der Waals surface area contributed by atoms with Gasteiger partial charge in [0.05, 0.1) is 6.10 Å². The van der Waals surface area contributed by atoms with Crippen LogP contribution in [0.4, 0.5) is 5.95 Å². The Bertz CT molecular complexity index is 431. The van der Waals surface area contributed by atoms with Crippen molar-refractivity contribution in [2.24, 2.45) is 11.7 Å². The number of aryl methyl sites for hydroxylation is 1. The summed E-state index contributed by atoms with van der Waals surface area (Å²) in [6.07, 6.45) is 2.63. The number of rotatable bonds is 6. The van der Waals surface area contributed by atoms with Crippen LogP contribution >= 0.6 is 0 Å². The van der Waals surface area contributed by atoms with Gasteiger partial charge < -0.3 is 15.4 Å². The van der Waals surface area contributed by atoms with Crippen LogP contribution in [0.1, 0.15) is 32.4 Å². The first kappa shape index (κ1) is 14.1. The van der Waals surface area contributed by atoms with E-state index in [1.165, 1.54) is 12.8 Å². The second-order valence-electron chi connectivity index (χ2n) is 5.57. The first-order valence-corrected chi connectivity index (χ1v) is 6.96. The van der Waals surface area contributed by atoms with Gasteiger partial charge in [-0.1, -0.05) is 0 Å². The first-order chi connectivity index (χ1) is 9.01. The van der Waals surface area contributed by atoms with Crippen molar-refractivity contribution in [3.8, 4) is 5.88 Å². The van der Waals surface area contributed by atoms with E-state index in [4.69, 9.17) is 10.5 Å². The van der Waals surface area contributed by atoms with Gasteiger partial charge >= 0.3 is 0 Å². The van der Waals surface area contributed by atoms with E-state index < -0.39 is 0 Å². The summed E-state index contributed by atoms with van der Waals surface area (Å²) in [6.45, 7) is 6.58. The van der Waals surface area contributed by atoms with Crippen molar-refractivity contribution in [2.75, 3.05) is 18.5 Å². The molecule has 19 heavy (non-hydrogen) atoms. The minimum absolute atomic E-state index is 0.112. The fourth-order valence-electron chi connectivity index (χ4n) is 2.28. The van der Waals surface area contributed by atoms with Gasteiger partial charge in [-0.15, -0.1) is 0 Å². The Kier molecular flexibility index (Phi) is 4.24. The van der Waals surface area contributed by atoms with Gasteiger partial charge in [0, 0.05) is 31.4 Å². The predicted octanol–water partition coefficient (Wildman–Crippen LogP) is 1.75. The van der Waals surface area contributed by atoms with E-state index in [0.29, 0.717) is 30.3 Å². The molecule has 0 aromatic carbocycles. The molecule has 1 fully saturated rings. The van der Waals surface area contributed by atoms with E-state index in [0.717, 1.165) is 5.69 Å². The summed E-state index contributed by atoms with van der Waals surface area (Å²) in [5.41, 5.74) is 6.80. The summed E-state index contributed by atoms with van der Waals surface area (Å²) in [7, 11) is 2.02. The second-order valence-corrected chi connectivity index (χ2v) is 5.57. The molecule has 1 saturated carbocycles. The minimum Gasteiger partial charge on any atom is -0.475 e. The van der Waals surface area contributed by atoms with E-state index in [-0.39, 0.29) is 6.10 Å². The lowest BCUT2D eigenvalue weighted by molar-refractivity contribution is 0.232. The number of aromatic nitrogens is 2. The summed E-state index contributed by atoms with van der Waals surface area (Å²) in [5.74, 6) is 2.03. The molecular formula is C14H24N4O. The van der Waals surface area contributed by atoms with Gasteiger partial charge in [0.25, 0.3) is 0 Å². The zero-order valence-electron chi connectivity index (χ0n) is 12.3. The zero-order valence-corrected chi connectivity index (χ0v) is 12.3. The van der Waals surface area contributed by atoms with Crippen molar-refractivity contribution in [3.63, 3.8) is 0 Å². The number of hydrogen-bond acceptors (Lipinski definition) is 5. The Morgan fingerprint density at radius 3 is 2.63 bits per heavy atom. The molecule has 2 N–H and O–H groups in total. The third kappa shape index (κ3) is 3.56. The Labute approximate surface area is 115 Å². The molecule has 0 radical (unpaired) electrons. The molecule has 0 bridgehead atoms. The summed E-state index contributed by atoms with van der Waals surface area (Å²) in [6, 6.07) is 2.19. The maximum Gasteiger partial charge on any atom is 0.228 e. The largest absolute Gasteiger partial charge is 0.475 e. The van der Waals surface area contributed by atoms with Gasteiger partial charge in [-0.25, -0.2) is 4.98 Å². The minimum atomic E-state index is 0.112. The third-order valence-corrected chi connectivity index (χ3v) is 3.40. The number of nitrogens with zero attached hydrogens (tertiary/aromatic N) is 3. The molecule has 1 aliphatic carbocycles. The summed E-state index contributed by atoms with van der Waals surface area (Å²) in [5, 5.41) is 0. The van der Waals surface area contributed by atoms with Crippen molar-refractivity contribution in [2.45, 2.75) is 45.8 Å². The highest BCUT2D eigenvalue weighted by molar-refractivity contribution is 5.35. The smallest absolute Gasteiger partial charge is 0.228 e. The van der Waals surface area contributed by atoms with Crippen LogP contribution < -0.4 is 15.4 Å². The monoisotopic (exact) mass is 264 g/mol. The number of ether oxygens (including phenoxy) is 1. The van der Waals surface area contributed by atoms with Crippen LogP contribution in [0.3, 0.4) is 0 Å². The molecule has 1 aromatic rings. The van der Waals surface area contributed by atoms with Crippen molar-refractivity contribution < 1.29 is 4.74 Å². The van der Waals surface area contributed by atoms with Crippen molar-refractivity contribution >= 4 is 5.95 Å². The number of likely N-dealkylation sites (N-methyl/N-ethyl adjacent to an activating group) is 1. The fourth-order valence-corrected chi connectivity index (χ4v) is 2.28. The quantitative estimate of drug-likeness (QED) is 0.848.